The Bertz CT molecular complexity index is 1010. The van der Waals surface area contributed by atoms with Crippen LogP contribution in [-0.2, 0) is 0 Å². The summed E-state index contributed by atoms with van der Waals surface area (Å²) in [4.78, 5) is 36.4. The van der Waals surface area contributed by atoms with Gasteiger partial charge < -0.3 is 10.6 Å². The van der Waals surface area contributed by atoms with E-state index in [1.165, 1.54) is 22.0 Å². The summed E-state index contributed by atoms with van der Waals surface area (Å²) >= 11 is 7.00. The number of benzene rings is 1. The molecule has 0 atom stereocenters. The monoisotopic (exact) mass is 401 g/mol. The zero-order chi connectivity index (χ0) is 19.2. The van der Waals surface area contributed by atoms with Crippen LogP contribution in [0.3, 0.4) is 0 Å². The molecule has 0 bridgehead atoms. The quantitative estimate of drug-likeness (QED) is 0.623. The average molecular weight is 402 g/mol. The van der Waals surface area contributed by atoms with Gasteiger partial charge in [-0.05, 0) is 42.5 Å². The Labute approximate surface area is 164 Å². The van der Waals surface area contributed by atoms with E-state index in [0.717, 1.165) is 0 Å². The summed E-state index contributed by atoms with van der Waals surface area (Å²) in [5.74, 6) is -0.478. The van der Waals surface area contributed by atoms with E-state index in [0.29, 0.717) is 33.6 Å². The fourth-order valence-electron chi connectivity index (χ4n) is 2.39. The van der Waals surface area contributed by atoms with Crippen LogP contribution in [0.5, 0.6) is 0 Å². The smallest absolute Gasteiger partial charge is 0.261 e. The fraction of sp³-hybridized carbons (Fsp3) is 0.105. The minimum atomic E-state index is -0.254. The number of carbonyl (C=O) groups excluding carboxylic acids is 2. The van der Waals surface area contributed by atoms with Gasteiger partial charge in [0.1, 0.15) is 0 Å². The van der Waals surface area contributed by atoms with E-state index in [1.807, 2.05) is 0 Å². The van der Waals surface area contributed by atoms with E-state index >= 15 is 0 Å². The second-order valence-electron chi connectivity index (χ2n) is 5.57. The number of hydrogen-bond acceptors (Lipinski definition) is 4. The van der Waals surface area contributed by atoms with Crippen LogP contribution >= 0.6 is 22.9 Å². The summed E-state index contributed by atoms with van der Waals surface area (Å²) in [7, 11) is 0. The van der Waals surface area contributed by atoms with Crippen molar-refractivity contribution in [2.24, 2.45) is 0 Å². The third-order valence-corrected chi connectivity index (χ3v) is 4.95. The molecule has 0 saturated heterocycles. The molecule has 0 unspecified atom stereocenters. The number of amides is 2. The highest BCUT2D eigenvalue weighted by Crippen LogP contribution is 2.20. The van der Waals surface area contributed by atoms with Crippen molar-refractivity contribution in [1.82, 2.24) is 15.2 Å². The molecule has 0 saturated carbocycles. The maximum atomic E-state index is 12.2. The fourth-order valence-corrected chi connectivity index (χ4v) is 3.35. The van der Waals surface area contributed by atoms with E-state index in [4.69, 9.17) is 11.6 Å². The zero-order valence-electron chi connectivity index (χ0n) is 14.1. The highest BCUT2D eigenvalue weighted by molar-refractivity contribution is 7.17. The molecule has 0 spiro atoms. The van der Waals surface area contributed by atoms with Gasteiger partial charge in [-0.3, -0.25) is 19.0 Å². The standard InChI is InChI=1S/C19H16ClN3O3S/c20-16-9-8-15(27-16)19(26)22-11-10-21-18(25)13-4-6-14(7-5-13)23-12-2-1-3-17(23)24/h1-9,12H,10-11H2,(H,21,25)(H,22,26). The minimum Gasteiger partial charge on any atom is -0.350 e. The number of carbonyl (C=O) groups is 2. The van der Waals surface area contributed by atoms with Gasteiger partial charge in [-0.25, -0.2) is 0 Å². The molecule has 1 aromatic carbocycles. The Balaban J connectivity index is 1.50. The minimum absolute atomic E-state index is 0.141. The van der Waals surface area contributed by atoms with Gasteiger partial charge in [-0.15, -0.1) is 11.3 Å². The van der Waals surface area contributed by atoms with E-state index in [1.54, 1.807) is 54.7 Å². The molecule has 27 heavy (non-hydrogen) atoms. The number of halogens is 1. The first kappa shape index (κ1) is 18.9. The first-order valence-corrected chi connectivity index (χ1v) is 9.34. The van der Waals surface area contributed by atoms with E-state index in [2.05, 4.69) is 10.6 Å². The van der Waals surface area contributed by atoms with Gasteiger partial charge >= 0.3 is 0 Å². The SMILES string of the molecule is O=C(NCCNC(=O)c1ccc(Cl)s1)c1ccc(-n2ccccc2=O)cc1. The van der Waals surface area contributed by atoms with Crippen molar-refractivity contribution in [2.75, 3.05) is 13.1 Å². The van der Waals surface area contributed by atoms with E-state index in [9.17, 15) is 14.4 Å². The molecule has 0 aliphatic rings. The van der Waals surface area contributed by atoms with Crippen LogP contribution < -0.4 is 16.2 Å². The van der Waals surface area contributed by atoms with Crippen molar-refractivity contribution in [3.8, 4) is 5.69 Å². The zero-order valence-corrected chi connectivity index (χ0v) is 15.7. The molecule has 3 aromatic rings. The van der Waals surface area contributed by atoms with Crippen LogP contribution in [-0.4, -0.2) is 29.5 Å². The molecule has 0 aliphatic heterocycles. The predicted octanol–water partition coefficient (Wildman–Crippen LogP) is 2.71. The number of nitrogens with zero attached hydrogens (tertiary/aromatic N) is 1. The van der Waals surface area contributed by atoms with Crippen LogP contribution in [0.25, 0.3) is 5.69 Å². The summed E-state index contributed by atoms with van der Waals surface area (Å²) in [6.07, 6.45) is 1.67. The second-order valence-corrected chi connectivity index (χ2v) is 7.29. The molecule has 0 aliphatic carbocycles. The lowest BCUT2D eigenvalue weighted by molar-refractivity contribution is 0.0929. The Morgan fingerprint density at radius 1 is 0.926 bits per heavy atom. The van der Waals surface area contributed by atoms with Crippen molar-refractivity contribution in [3.05, 3.63) is 85.9 Å². The molecule has 138 valence electrons. The van der Waals surface area contributed by atoms with Crippen LogP contribution in [0.1, 0.15) is 20.0 Å². The van der Waals surface area contributed by atoms with Crippen LogP contribution in [0, 0.1) is 0 Å². The molecule has 2 amide bonds. The molecule has 6 nitrogen and oxygen atoms in total. The van der Waals surface area contributed by atoms with Crippen molar-refractivity contribution in [1.29, 1.82) is 0 Å². The highest BCUT2D eigenvalue weighted by atomic mass is 35.5. The summed E-state index contributed by atoms with van der Waals surface area (Å²) in [6, 6.07) is 14.9. The second kappa shape index (κ2) is 8.66. The molecule has 2 aromatic heterocycles. The van der Waals surface area contributed by atoms with E-state index in [-0.39, 0.29) is 17.4 Å². The van der Waals surface area contributed by atoms with Crippen molar-refractivity contribution < 1.29 is 9.59 Å². The lowest BCUT2D eigenvalue weighted by Gasteiger charge is -2.08. The molecule has 3 rings (SSSR count). The first-order valence-electron chi connectivity index (χ1n) is 8.14. The largest absolute Gasteiger partial charge is 0.350 e. The first-order chi connectivity index (χ1) is 13.0. The van der Waals surface area contributed by atoms with Gasteiger partial charge in [0.05, 0.1) is 9.21 Å². The molecular weight excluding hydrogens is 386 g/mol. The number of thiophene rings is 1. The average Bonchev–Trinajstić information content (AvgIpc) is 3.12. The third kappa shape index (κ3) is 4.84. The van der Waals surface area contributed by atoms with Crippen molar-refractivity contribution in [2.45, 2.75) is 0 Å². The Kier molecular flexibility index (Phi) is 6.05. The number of hydrogen-bond donors (Lipinski definition) is 2. The summed E-state index contributed by atoms with van der Waals surface area (Å²) in [6.45, 7) is 0.598. The van der Waals surface area contributed by atoms with Gasteiger partial charge in [-0.2, -0.15) is 0 Å². The van der Waals surface area contributed by atoms with Crippen LogP contribution in [0.2, 0.25) is 4.34 Å². The third-order valence-electron chi connectivity index (χ3n) is 3.72. The number of rotatable bonds is 6. The Morgan fingerprint density at radius 3 is 2.26 bits per heavy atom. The number of pyridine rings is 1. The Hall–Kier alpha value is -2.90. The lowest BCUT2D eigenvalue weighted by atomic mass is 10.2. The van der Waals surface area contributed by atoms with Gasteiger partial charge in [0.2, 0.25) is 0 Å². The van der Waals surface area contributed by atoms with Crippen molar-refractivity contribution in [3.63, 3.8) is 0 Å². The summed E-state index contributed by atoms with van der Waals surface area (Å²) in [5, 5.41) is 5.45. The lowest BCUT2D eigenvalue weighted by Crippen LogP contribution is -2.34. The van der Waals surface area contributed by atoms with Crippen LogP contribution in [0.4, 0.5) is 0 Å². The normalized spacial score (nSPS) is 10.4. The van der Waals surface area contributed by atoms with Crippen molar-refractivity contribution >= 4 is 34.8 Å². The molecule has 0 radical (unpaired) electrons. The van der Waals surface area contributed by atoms with Gasteiger partial charge in [-0.1, -0.05) is 17.7 Å². The van der Waals surface area contributed by atoms with Gasteiger partial charge in [0.25, 0.3) is 17.4 Å². The molecule has 8 heteroatoms. The summed E-state index contributed by atoms with van der Waals surface area (Å²) in [5.41, 5.74) is 1.01. The Morgan fingerprint density at radius 2 is 1.63 bits per heavy atom. The van der Waals surface area contributed by atoms with Crippen LogP contribution in [0.15, 0.2) is 65.6 Å². The molecule has 2 N–H and O–H groups in total. The van der Waals surface area contributed by atoms with Gasteiger partial charge in [0, 0.05) is 36.6 Å². The molecular formula is C19H16ClN3O3S. The molecule has 2 heterocycles. The summed E-state index contributed by atoms with van der Waals surface area (Å²) < 4.78 is 2.04. The highest BCUT2D eigenvalue weighted by Gasteiger charge is 2.09. The molecule has 0 fully saturated rings. The van der Waals surface area contributed by atoms with E-state index < -0.39 is 0 Å². The van der Waals surface area contributed by atoms with Gasteiger partial charge in [0.15, 0.2) is 0 Å². The maximum absolute atomic E-state index is 12.2. The predicted molar refractivity (Wildman–Crippen MR) is 106 cm³/mol. The maximum Gasteiger partial charge on any atom is 0.261 e. The topological polar surface area (TPSA) is 80.2 Å². The number of aromatic nitrogens is 1. The number of nitrogens with one attached hydrogen (secondary N) is 2.